The lowest BCUT2D eigenvalue weighted by Crippen LogP contribution is -2.17. The van der Waals surface area contributed by atoms with Crippen LogP contribution in [0, 0.1) is 0 Å². The molecule has 0 aromatic heterocycles. The van der Waals surface area contributed by atoms with Crippen LogP contribution in [0.5, 0.6) is 0 Å². The van der Waals surface area contributed by atoms with Gasteiger partial charge in [0.15, 0.2) is 0 Å². The molecular formula is C18H33NO10. The van der Waals surface area contributed by atoms with Crippen LogP contribution < -0.4 is 5.32 Å². The van der Waals surface area contributed by atoms with Crippen LogP contribution in [0.15, 0.2) is 0 Å². The van der Waals surface area contributed by atoms with Crippen molar-refractivity contribution in [1.82, 2.24) is 5.32 Å². The first-order valence-electron chi connectivity index (χ1n) is 9.53. The molecule has 11 nitrogen and oxygen atoms in total. The van der Waals surface area contributed by atoms with Crippen LogP contribution in [-0.2, 0) is 42.8 Å². The van der Waals surface area contributed by atoms with Crippen LogP contribution >= 0.6 is 0 Å². The number of ketones is 1. The Morgan fingerprint density at radius 2 is 1.07 bits per heavy atom. The zero-order valence-corrected chi connectivity index (χ0v) is 17.0. The van der Waals surface area contributed by atoms with Crippen LogP contribution in [0.1, 0.15) is 12.8 Å². The Balaban J connectivity index is 3.17. The van der Waals surface area contributed by atoms with Gasteiger partial charge >= 0.3 is 11.9 Å². The Morgan fingerprint density at radius 1 is 0.655 bits per heavy atom. The predicted octanol–water partition coefficient (Wildman–Crippen LogP) is -0.734. The maximum Gasteiger partial charge on any atom is 0.372 e. The fourth-order valence-electron chi connectivity index (χ4n) is 1.77. The highest BCUT2D eigenvalue weighted by molar-refractivity contribution is 6.32. The molecule has 0 aromatic carbocycles. The van der Waals surface area contributed by atoms with E-state index >= 15 is 0 Å². The number of Topliss-reactive ketones (excluding diaryl/α,β-unsaturated/α-hetero) is 1. The van der Waals surface area contributed by atoms with Gasteiger partial charge in [0.2, 0.25) is 5.78 Å². The number of carbonyl (C=O) groups excluding carboxylic acids is 2. The lowest BCUT2D eigenvalue weighted by atomic mass is 10.2. The molecule has 0 aromatic rings. The van der Waals surface area contributed by atoms with Crippen LogP contribution in [0.2, 0.25) is 0 Å². The van der Waals surface area contributed by atoms with Crippen molar-refractivity contribution in [2.24, 2.45) is 0 Å². The average molecular weight is 423 g/mol. The Labute approximate surface area is 170 Å². The number of ether oxygens (including phenoxy) is 6. The lowest BCUT2D eigenvalue weighted by Gasteiger charge is -2.08. The summed E-state index contributed by atoms with van der Waals surface area (Å²) in [7, 11) is 1.87. The van der Waals surface area contributed by atoms with Gasteiger partial charge in [-0.1, -0.05) is 0 Å². The van der Waals surface area contributed by atoms with Crippen LogP contribution in [0.3, 0.4) is 0 Å². The maximum absolute atomic E-state index is 11.3. The second-order valence-corrected chi connectivity index (χ2v) is 5.61. The van der Waals surface area contributed by atoms with E-state index in [0.29, 0.717) is 59.5 Å². The van der Waals surface area contributed by atoms with Gasteiger partial charge in [-0.05, 0) is 7.05 Å². The van der Waals surface area contributed by atoms with Crippen molar-refractivity contribution >= 4 is 17.7 Å². The van der Waals surface area contributed by atoms with Gasteiger partial charge in [0, 0.05) is 13.0 Å². The number of carboxylic acids is 1. The summed E-state index contributed by atoms with van der Waals surface area (Å²) in [6.07, 6.45) is -0.633. The third-order valence-corrected chi connectivity index (χ3v) is 3.27. The molecule has 0 saturated heterocycles. The molecule has 0 spiro atoms. The Hall–Kier alpha value is -1.63. The highest BCUT2D eigenvalue weighted by atomic mass is 16.6. The first kappa shape index (κ1) is 27.4. The largest absolute Gasteiger partial charge is 0.476 e. The number of carbonyl (C=O) groups is 3. The molecule has 0 saturated carbocycles. The lowest BCUT2D eigenvalue weighted by molar-refractivity contribution is -0.151. The van der Waals surface area contributed by atoms with E-state index in [1.54, 1.807) is 0 Å². The average Bonchev–Trinajstić information content (AvgIpc) is 2.71. The minimum Gasteiger partial charge on any atom is -0.476 e. The first-order chi connectivity index (χ1) is 14.1. The second kappa shape index (κ2) is 21.1. The van der Waals surface area contributed by atoms with Crippen molar-refractivity contribution < 1.29 is 47.9 Å². The number of likely N-dealkylation sites (N-methyl/N-ethyl adjacent to an activating group) is 1. The number of esters is 1. The van der Waals surface area contributed by atoms with E-state index in [4.69, 9.17) is 33.5 Å². The van der Waals surface area contributed by atoms with Gasteiger partial charge in [-0.15, -0.1) is 0 Å². The molecule has 2 N–H and O–H groups in total. The van der Waals surface area contributed by atoms with E-state index in [1.807, 2.05) is 7.05 Å². The zero-order chi connectivity index (χ0) is 21.6. The van der Waals surface area contributed by atoms with Gasteiger partial charge in [0.1, 0.15) is 6.61 Å². The summed E-state index contributed by atoms with van der Waals surface area (Å²) >= 11 is 0. The molecule has 0 fully saturated rings. The van der Waals surface area contributed by atoms with Gasteiger partial charge in [0.25, 0.3) is 0 Å². The number of aliphatic carboxylic acids is 1. The third kappa shape index (κ3) is 20.9. The summed E-state index contributed by atoms with van der Waals surface area (Å²) in [5.74, 6) is -3.21. The van der Waals surface area contributed by atoms with E-state index in [-0.39, 0.29) is 26.1 Å². The van der Waals surface area contributed by atoms with E-state index < -0.39 is 17.7 Å². The SMILES string of the molecule is CNCCOCCOCCOCCOCCOCCOC(=O)CCC(=O)C(=O)O. The molecule has 11 heteroatoms. The molecule has 0 unspecified atom stereocenters. The number of hydrogen-bond acceptors (Lipinski definition) is 10. The number of hydrogen-bond donors (Lipinski definition) is 2. The van der Waals surface area contributed by atoms with E-state index in [9.17, 15) is 14.4 Å². The van der Waals surface area contributed by atoms with Crippen molar-refractivity contribution in [2.75, 3.05) is 86.3 Å². The van der Waals surface area contributed by atoms with Gasteiger partial charge in [-0.25, -0.2) is 4.79 Å². The first-order valence-corrected chi connectivity index (χ1v) is 9.53. The molecule has 29 heavy (non-hydrogen) atoms. The topological polar surface area (TPSA) is 139 Å². The van der Waals surface area contributed by atoms with E-state index in [0.717, 1.165) is 6.54 Å². The van der Waals surface area contributed by atoms with Gasteiger partial charge < -0.3 is 38.8 Å². The summed E-state index contributed by atoms with van der Waals surface area (Å²) in [5.41, 5.74) is 0. The van der Waals surface area contributed by atoms with Gasteiger partial charge in [-0.2, -0.15) is 0 Å². The molecule has 0 amide bonds. The number of rotatable bonds is 22. The standard InChI is InChI=1S/C18H33NO10/c1-19-4-5-24-6-7-25-8-9-26-10-11-27-12-13-28-14-15-29-17(21)3-2-16(20)18(22)23/h19H,2-15H2,1H3,(H,22,23). The molecule has 0 radical (unpaired) electrons. The smallest absolute Gasteiger partial charge is 0.372 e. The quantitative estimate of drug-likeness (QED) is 0.129. The van der Waals surface area contributed by atoms with E-state index in [2.05, 4.69) is 5.32 Å². The molecule has 0 bridgehead atoms. The maximum atomic E-state index is 11.3. The van der Waals surface area contributed by atoms with Crippen molar-refractivity contribution in [3.8, 4) is 0 Å². The molecule has 0 aliphatic carbocycles. The summed E-state index contributed by atoms with van der Waals surface area (Å²) in [4.78, 5) is 32.4. The molecule has 0 heterocycles. The Kier molecular flexibility index (Phi) is 19.9. The fourth-order valence-corrected chi connectivity index (χ4v) is 1.77. The summed E-state index contributed by atoms with van der Waals surface area (Å²) < 4.78 is 31.3. The molecule has 0 aliphatic rings. The van der Waals surface area contributed by atoms with Gasteiger partial charge in [0.05, 0.1) is 72.5 Å². The number of carboxylic acid groups (broad SMARTS) is 1. The highest BCUT2D eigenvalue weighted by Gasteiger charge is 2.14. The van der Waals surface area contributed by atoms with Crippen LogP contribution in [0.4, 0.5) is 0 Å². The van der Waals surface area contributed by atoms with Gasteiger partial charge in [-0.3, -0.25) is 9.59 Å². The van der Waals surface area contributed by atoms with Crippen molar-refractivity contribution in [1.29, 1.82) is 0 Å². The number of nitrogens with one attached hydrogen (secondary N) is 1. The summed E-state index contributed by atoms with van der Waals surface area (Å²) in [6, 6.07) is 0. The second-order valence-electron chi connectivity index (χ2n) is 5.61. The van der Waals surface area contributed by atoms with Crippen molar-refractivity contribution in [3.63, 3.8) is 0 Å². The molecular weight excluding hydrogens is 390 g/mol. The molecule has 0 atom stereocenters. The Bertz CT molecular complexity index is 433. The minimum atomic E-state index is -1.55. The van der Waals surface area contributed by atoms with E-state index in [1.165, 1.54) is 0 Å². The molecule has 0 aliphatic heterocycles. The highest BCUT2D eigenvalue weighted by Crippen LogP contribution is 1.95. The van der Waals surface area contributed by atoms with Crippen molar-refractivity contribution in [3.05, 3.63) is 0 Å². The predicted molar refractivity (Wildman–Crippen MR) is 101 cm³/mol. The summed E-state index contributed by atoms with van der Waals surface area (Å²) in [5, 5.41) is 11.4. The normalized spacial score (nSPS) is 10.8. The minimum absolute atomic E-state index is 0.0315. The fraction of sp³-hybridized carbons (Fsp3) is 0.833. The van der Waals surface area contributed by atoms with Crippen LogP contribution in [0.25, 0.3) is 0 Å². The molecule has 170 valence electrons. The van der Waals surface area contributed by atoms with Crippen molar-refractivity contribution in [2.45, 2.75) is 12.8 Å². The summed E-state index contributed by atoms with van der Waals surface area (Å²) in [6.45, 7) is 5.40. The Morgan fingerprint density at radius 3 is 1.48 bits per heavy atom. The molecule has 0 rings (SSSR count). The third-order valence-electron chi connectivity index (χ3n) is 3.27. The zero-order valence-electron chi connectivity index (χ0n) is 17.0. The monoisotopic (exact) mass is 423 g/mol. The van der Waals surface area contributed by atoms with Crippen LogP contribution in [-0.4, -0.2) is 109 Å².